The summed E-state index contributed by atoms with van der Waals surface area (Å²) in [6.07, 6.45) is 2.02. The Morgan fingerprint density at radius 1 is 1.42 bits per heavy atom. The van der Waals surface area contributed by atoms with E-state index in [1.807, 2.05) is 20.0 Å². The average molecular weight is 263 g/mol. The summed E-state index contributed by atoms with van der Waals surface area (Å²) < 4.78 is 5.77. The molecule has 0 aromatic carbocycles. The largest absolute Gasteiger partial charge is 0.373 e. The molecule has 0 bridgehead atoms. The second-order valence-corrected chi connectivity index (χ2v) is 6.22. The van der Waals surface area contributed by atoms with Crippen molar-refractivity contribution in [2.24, 2.45) is 5.73 Å². The molecule has 2 rings (SSSR count). The lowest BCUT2D eigenvalue weighted by Crippen LogP contribution is -2.56. The zero-order chi connectivity index (χ0) is 14.0. The van der Waals surface area contributed by atoms with Crippen molar-refractivity contribution in [3.63, 3.8) is 0 Å². The lowest BCUT2D eigenvalue weighted by Gasteiger charge is -2.40. The summed E-state index contributed by atoms with van der Waals surface area (Å²) in [7, 11) is 0. The van der Waals surface area contributed by atoms with Gasteiger partial charge in [-0.25, -0.2) is 0 Å². The van der Waals surface area contributed by atoms with Gasteiger partial charge >= 0.3 is 0 Å². The molecular weight excluding hydrogens is 238 g/mol. The molecule has 106 valence electrons. The van der Waals surface area contributed by atoms with Crippen molar-refractivity contribution in [3.8, 4) is 0 Å². The third kappa shape index (κ3) is 3.45. The third-order valence-corrected chi connectivity index (χ3v) is 3.62. The molecule has 1 atom stereocenters. The first-order chi connectivity index (χ1) is 8.88. The van der Waals surface area contributed by atoms with Crippen LogP contribution >= 0.6 is 0 Å². The quantitative estimate of drug-likeness (QED) is 0.908. The maximum atomic E-state index is 6.15. The van der Waals surface area contributed by atoms with E-state index in [0.29, 0.717) is 5.92 Å². The van der Waals surface area contributed by atoms with Gasteiger partial charge in [0.2, 0.25) is 0 Å². The van der Waals surface area contributed by atoms with E-state index in [4.69, 9.17) is 10.5 Å². The fraction of sp³-hybridized carbons (Fsp3) is 0.667. The Balaban J connectivity index is 2.09. The van der Waals surface area contributed by atoms with Gasteiger partial charge in [-0.1, -0.05) is 13.8 Å². The molecule has 1 aliphatic heterocycles. The SMILES string of the molecule is CC(C)c1ccc(N2CCO[C@@H](C(C)(C)N)C2)cn1. The van der Waals surface area contributed by atoms with Crippen molar-refractivity contribution >= 4 is 5.69 Å². The van der Waals surface area contributed by atoms with Crippen molar-refractivity contribution in [2.75, 3.05) is 24.6 Å². The Labute approximate surface area is 116 Å². The molecule has 0 amide bonds. The molecule has 0 spiro atoms. The topological polar surface area (TPSA) is 51.4 Å². The zero-order valence-electron chi connectivity index (χ0n) is 12.4. The Bertz CT molecular complexity index is 408. The number of nitrogens with two attached hydrogens (primary N) is 1. The maximum absolute atomic E-state index is 6.15. The fourth-order valence-corrected chi connectivity index (χ4v) is 2.26. The highest BCUT2D eigenvalue weighted by atomic mass is 16.5. The first-order valence-corrected chi connectivity index (χ1v) is 6.99. The Morgan fingerprint density at radius 2 is 2.16 bits per heavy atom. The highest BCUT2D eigenvalue weighted by Crippen LogP contribution is 2.22. The number of rotatable bonds is 3. The second-order valence-electron chi connectivity index (χ2n) is 6.22. The van der Waals surface area contributed by atoms with Gasteiger partial charge in [0.25, 0.3) is 0 Å². The summed E-state index contributed by atoms with van der Waals surface area (Å²) in [6.45, 7) is 10.8. The number of hydrogen-bond donors (Lipinski definition) is 1. The summed E-state index contributed by atoms with van der Waals surface area (Å²) >= 11 is 0. The number of anilines is 1. The molecule has 1 fully saturated rings. The van der Waals surface area contributed by atoms with E-state index in [2.05, 4.69) is 35.9 Å². The Hall–Kier alpha value is -1.13. The second kappa shape index (κ2) is 5.47. The fourth-order valence-electron chi connectivity index (χ4n) is 2.26. The van der Waals surface area contributed by atoms with Crippen LogP contribution in [0.15, 0.2) is 18.3 Å². The van der Waals surface area contributed by atoms with E-state index < -0.39 is 0 Å². The van der Waals surface area contributed by atoms with E-state index >= 15 is 0 Å². The molecule has 2 N–H and O–H groups in total. The Morgan fingerprint density at radius 3 is 2.68 bits per heavy atom. The van der Waals surface area contributed by atoms with Crippen LogP contribution in [-0.4, -0.2) is 36.3 Å². The number of hydrogen-bond acceptors (Lipinski definition) is 4. The predicted molar refractivity (Wildman–Crippen MR) is 78.5 cm³/mol. The summed E-state index contributed by atoms with van der Waals surface area (Å²) in [6, 6.07) is 4.26. The number of nitrogens with zero attached hydrogens (tertiary/aromatic N) is 2. The van der Waals surface area contributed by atoms with Gasteiger partial charge in [-0.05, 0) is 31.9 Å². The summed E-state index contributed by atoms with van der Waals surface area (Å²) in [5, 5.41) is 0. The van der Waals surface area contributed by atoms with E-state index in [1.165, 1.54) is 0 Å². The minimum atomic E-state index is -0.316. The van der Waals surface area contributed by atoms with Crippen LogP contribution in [0.25, 0.3) is 0 Å². The smallest absolute Gasteiger partial charge is 0.0924 e. The van der Waals surface area contributed by atoms with Crippen molar-refractivity contribution in [2.45, 2.75) is 45.3 Å². The molecule has 19 heavy (non-hydrogen) atoms. The van der Waals surface area contributed by atoms with Gasteiger partial charge in [0.05, 0.1) is 24.6 Å². The lowest BCUT2D eigenvalue weighted by molar-refractivity contribution is -0.000229. The molecule has 1 aromatic heterocycles. The van der Waals surface area contributed by atoms with Gasteiger partial charge in [-0.2, -0.15) is 0 Å². The molecule has 1 saturated heterocycles. The van der Waals surface area contributed by atoms with Gasteiger partial charge in [0.15, 0.2) is 0 Å². The van der Waals surface area contributed by atoms with Crippen LogP contribution in [0.3, 0.4) is 0 Å². The zero-order valence-corrected chi connectivity index (χ0v) is 12.4. The van der Waals surface area contributed by atoms with Crippen molar-refractivity contribution in [1.82, 2.24) is 4.98 Å². The molecule has 4 heteroatoms. The normalized spacial score (nSPS) is 20.9. The first kappa shape index (κ1) is 14.3. The number of aromatic nitrogens is 1. The molecule has 0 radical (unpaired) electrons. The number of morpholine rings is 1. The highest BCUT2D eigenvalue weighted by Gasteiger charge is 2.31. The number of ether oxygens (including phenoxy) is 1. The minimum Gasteiger partial charge on any atom is -0.373 e. The molecule has 1 aliphatic rings. The van der Waals surface area contributed by atoms with Gasteiger partial charge < -0.3 is 15.4 Å². The van der Waals surface area contributed by atoms with Crippen LogP contribution in [0.4, 0.5) is 5.69 Å². The van der Waals surface area contributed by atoms with Crippen LogP contribution in [0.1, 0.15) is 39.3 Å². The lowest BCUT2D eigenvalue weighted by atomic mass is 9.97. The third-order valence-electron chi connectivity index (χ3n) is 3.62. The van der Waals surface area contributed by atoms with Crippen molar-refractivity contribution in [3.05, 3.63) is 24.0 Å². The van der Waals surface area contributed by atoms with Crippen LogP contribution in [-0.2, 0) is 4.74 Å². The molecular formula is C15H25N3O. The summed E-state index contributed by atoms with van der Waals surface area (Å²) in [5.74, 6) is 0.467. The molecule has 0 unspecified atom stereocenters. The van der Waals surface area contributed by atoms with Gasteiger partial charge in [-0.3, -0.25) is 4.98 Å². The molecule has 4 nitrogen and oxygen atoms in total. The molecule has 0 saturated carbocycles. The molecule has 1 aromatic rings. The maximum Gasteiger partial charge on any atom is 0.0924 e. The van der Waals surface area contributed by atoms with Crippen molar-refractivity contribution in [1.29, 1.82) is 0 Å². The van der Waals surface area contributed by atoms with Crippen molar-refractivity contribution < 1.29 is 4.74 Å². The van der Waals surface area contributed by atoms with Gasteiger partial charge in [-0.15, -0.1) is 0 Å². The number of pyridine rings is 1. The minimum absolute atomic E-state index is 0.0611. The van der Waals surface area contributed by atoms with Crippen LogP contribution in [0.2, 0.25) is 0 Å². The highest BCUT2D eigenvalue weighted by molar-refractivity contribution is 5.45. The predicted octanol–water partition coefficient (Wildman–Crippen LogP) is 2.15. The molecule has 0 aliphatic carbocycles. The standard InChI is InChI=1S/C15H25N3O/c1-11(2)13-6-5-12(9-17-13)18-7-8-19-14(10-18)15(3,4)16/h5-6,9,11,14H,7-8,10,16H2,1-4H3/t14-/m1/s1. The first-order valence-electron chi connectivity index (χ1n) is 6.99. The van der Waals surface area contributed by atoms with Gasteiger partial charge in [0, 0.05) is 24.3 Å². The van der Waals surface area contributed by atoms with E-state index in [0.717, 1.165) is 31.1 Å². The van der Waals surface area contributed by atoms with Crippen LogP contribution in [0.5, 0.6) is 0 Å². The van der Waals surface area contributed by atoms with Crippen LogP contribution < -0.4 is 10.6 Å². The Kier molecular flexibility index (Phi) is 4.11. The summed E-state index contributed by atoms with van der Waals surface area (Å²) in [5.41, 5.74) is 8.12. The summed E-state index contributed by atoms with van der Waals surface area (Å²) in [4.78, 5) is 6.83. The van der Waals surface area contributed by atoms with Gasteiger partial charge in [0.1, 0.15) is 0 Å². The van der Waals surface area contributed by atoms with Crippen LogP contribution in [0, 0.1) is 0 Å². The van der Waals surface area contributed by atoms with E-state index in [9.17, 15) is 0 Å². The van der Waals surface area contributed by atoms with E-state index in [-0.39, 0.29) is 11.6 Å². The molecule has 2 heterocycles. The average Bonchev–Trinajstić information content (AvgIpc) is 2.38. The monoisotopic (exact) mass is 263 g/mol. The van der Waals surface area contributed by atoms with E-state index in [1.54, 1.807) is 0 Å².